The molecule has 1 saturated carbocycles. The first-order chi connectivity index (χ1) is 10.6. The third kappa shape index (κ3) is 2.94. The van der Waals surface area contributed by atoms with Crippen molar-refractivity contribution in [2.24, 2.45) is 5.92 Å². The van der Waals surface area contributed by atoms with Crippen LogP contribution in [0.5, 0.6) is 0 Å². The second-order valence-corrected chi connectivity index (χ2v) is 7.28. The van der Waals surface area contributed by atoms with Gasteiger partial charge in [-0.1, -0.05) is 35.2 Å². The molecule has 118 valence electrons. The number of aliphatic hydroxyl groups excluding tert-OH is 1. The van der Waals surface area contributed by atoms with E-state index >= 15 is 0 Å². The zero-order valence-corrected chi connectivity index (χ0v) is 14.5. The van der Waals surface area contributed by atoms with Crippen molar-refractivity contribution in [3.05, 3.63) is 40.1 Å². The normalized spacial score (nSPS) is 23.2. The number of nitrogens with zero attached hydrogens (tertiary/aromatic N) is 1. The van der Waals surface area contributed by atoms with Crippen LogP contribution in [0.3, 0.4) is 0 Å². The SMILES string of the molecule is CC(=O)C1=C(O)CN(c2ccc(Br)cc2)C1C1CCCCC1. The molecular weight excluding hydrogens is 342 g/mol. The fraction of sp³-hybridized carbons (Fsp3) is 0.500. The van der Waals surface area contributed by atoms with E-state index < -0.39 is 0 Å². The van der Waals surface area contributed by atoms with Gasteiger partial charge in [-0.25, -0.2) is 0 Å². The Hall–Kier alpha value is -1.29. The van der Waals surface area contributed by atoms with Gasteiger partial charge in [0.15, 0.2) is 5.78 Å². The average molecular weight is 364 g/mol. The number of rotatable bonds is 3. The number of anilines is 1. The molecule has 1 N–H and O–H groups in total. The van der Waals surface area contributed by atoms with Crippen molar-refractivity contribution in [2.45, 2.75) is 45.1 Å². The van der Waals surface area contributed by atoms with E-state index in [0.29, 0.717) is 18.0 Å². The number of Topliss-reactive ketones (excluding diaryl/α,β-unsaturated/α-hetero) is 1. The Morgan fingerprint density at radius 3 is 2.41 bits per heavy atom. The number of hydrogen-bond donors (Lipinski definition) is 1. The van der Waals surface area contributed by atoms with E-state index in [0.717, 1.165) is 23.0 Å². The fourth-order valence-electron chi connectivity index (χ4n) is 3.91. The number of hydrogen-bond acceptors (Lipinski definition) is 3. The number of ketones is 1. The molecule has 0 spiro atoms. The lowest BCUT2D eigenvalue weighted by Gasteiger charge is -2.36. The summed E-state index contributed by atoms with van der Waals surface area (Å²) in [5.74, 6) is 0.722. The molecular formula is C18H22BrNO2. The quantitative estimate of drug-likeness (QED) is 0.851. The summed E-state index contributed by atoms with van der Waals surface area (Å²) >= 11 is 3.46. The van der Waals surface area contributed by atoms with Crippen molar-refractivity contribution < 1.29 is 9.90 Å². The van der Waals surface area contributed by atoms with Gasteiger partial charge in [-0.3, -0.25) is 4.79 Å². The van der Waals surface area contributed by atoms with Gasteiger partial charge in [0.1, 0.15) is 5.76 Å². The first kappa shape index (κ1) is 15.6. The van der Waals surface area contributed by atoms with Crippen LogP contribution in [0, 0.1) is 5.92 Å². The van der Waals surface area contributed by atoms with Crippen LogP contribution >= 0.6 is 15.9 Å². The predicted octanol–water partition coefficient (Wildman–Crippen LogP) is 4.62. The Morgan fingerprint density at radius 1 is 1.18 bits per heavy atom. The largest absolute Gasteiger partial charge is 0.510 e. The van der Waals surface area contributed by atoms with Gasteiger partial charge in [-0.15, -0.1) is 0 Å². The molecule has 1 fully saturated rings. The van der Waals surface area contributed by atoms with Crippen LogP contribution in [-0.4, -0.2) is 23.5 Å². The minimum absolute atomic E-state index is 0.00712. The summed E-state index contributed by atoms with van der Waals surface area (Å²) in [5, 5.41) is 10.4. The molecule has 1 aliphatic heterocycles. The molecule has 4 heteroatoms. The maximum atomic E-state index is 12.1. The number of aliphatic hydroxyl groups is 1. The minimum atomic E-state index is 0.00712. The molecule has 0 aromatic heterocycles. The van der Waals surface area contributed by atoms with Crippen LogP contribution in [0.2, 0.25) is 0 Å². The lowest BCUT2D eigenvalue weighted by atomic mass is 9.80. The van der Waals surface area contributed by atoms with E-state index in [9.17, 15) is 9.90 Å². The zero-order chi connectivity index (χ0) is 15.7. The Kier molecular flexibility index (Phi) is 4.57. The Bertz CT molecular complexity index is 588. The first-order valence-corrected chi connectivity index (χ1v) is 8.82. The molecule has 2 aliphatic rings. The molecule has 1 unspecified atom stereocenters. The molecule has 0 amide bonds. The monoisotopic (exact) mass is 363 g/mol. The molecule has 1 aromatic carbocycles. The maximum Gasteiger partial charge on any atom is 0.161 e. The average Bonchev–Trinajstić information content (AvgIpc) is 2.86. The van der Waals surface area contributed by atoms with E-state index in [1.165, 1.54) is 19.3 Å². The van der Waals surface area contributed by atoms with Crippen LogP contribution in [0.4, 0.5) is 5.69 Å². The lowest BCUT2D eigenvalue weighted by Crippen LogP contribution is -2.40. The second kappa shape index (κ2) is 6.45. The van der Waals surface area contributed by atoms with Crippen molar-refractivity contribution in [1.29, 1.82) is 0 Å². The summed E-state index contributed by atoms with van der Waals surface area (Å²) in [6.07, 6.45) is 6.01. The van der Waals surface area contributed by atoms with E-state index in [4.69, 9.17) is 0 Å². The van der Waals surface area contributed by atoms with Crippen LogP contribution in [-0.2, 0) is 4.79 Å². The highest BCUT2D eigenvalue weighted by atomic mass is 79.9. The summed E-state index contributed by atoms with van der Waals surface area (Å²) in [6, 6.07) is 8.15. The van der Waals surface area contributed by atoms with Gasteiger partial charge in [0.25, 0.3) is 0 Å². The summed E-state index contributed by atoms with van der Waals surface area (Å²) in [6.45, 7) is 2.02. The zero-order valence-electron chi connectivity index (χ0n) is 12.9. The van der Waals surface area contributed by atoms with Gasteiger partial charge in [0, 0.05) is 10.2 Å². The van der Waals surface area contributed by atoms with Crippen LogP contribution in [0.15, 0.2) is 40.1 Å². The summed E-state index contributed by atoms with van der Waals surface area (Å²) in [5.41, 5.74) is 1.70. The highest BCUT2D eigenvalue weighted by Crippen LogP contribution is 2.39. The Balaban J connectivity index is 1.95. The second-order valence-electron chi connectivity index (χ2n) is 6.36. The molecule has 22 heavy (non-hydrogen) atoms. The standard InChI is InChI=1S/C18H22BrNO2/c1-12(21)17-16(22)11-20(15-9-7-14(19)8-10-15)18(17)13-5-3-2-4-6-13/h7-10,13,18,22H,2-6,11H2,1H3. The molecule has 3 rings (SSSR count). The number of carbonyl (C=O) groups is 1. The summed E-state index contributed by atoms with van der Waals surface area (Å²) in [4.78, 5) is 14.3. The molecule has 1 atom stereocenters. The van der Waals surface area contributed by atoms with Crippen molar-refractivity contribution >= 4 is 27.4 Å². The molecule has 1 aromatic rings. The number of carbonyl (C=O) groups excluding carboxylic acids is 1. The van der Waals surface area contributed by atoms with Crippen molar-refractivity contribution in [3.8, 4) is 0 Å². The van der Waals surface area contributed by atoms with Gasteiger partial charge in [-0.2, -0.15) is 0 Å². The number of benzene rings is 1. The summed E-state index contributed by atoms with van der Waals surface area (Å²) in [7, 11) is 0. The minimum Gasteiger partial charge on any atom is -0.510 e. The van der Waals surface area contributed by atoms with Crippen LogP contribution in [0.1, 0.15) is 39.0 Å². The molecule has 3 nitrogen and oxygen atoms in total. The smallest absolute Gasteiger partial charge is 0.161 e. The Labute approximate surface area is 140 Å². The first-order valence-electron chi connectivity index (χ1n) is 8.03. The predicted molar refractivity (Wildman–Crippen MR) is 92.2 cm³/mol. The van der Waals surface area contributed by atoms with E-state index in [2.05, 4.69) is 33.0 Å². The van der Waals surface area contributed by atoms with Crippen molar-refractivity contribution in [3.63, 3.8) is 0 Å². The van der Waals surface area contributed by atoms with Crippen molar-refractivity contribution in [2.75, 3.05) is 11.4 Å². The van der Waals surface area contributed by atoms with Crippen molar-refractivity contribution in [1.82, 2.24) is 0 Å². The van der Waals surface area contributed by atoms with Gasteiger partial charge in [0.05, 0.1) is 18.2 Å². The highest BCUT2D eigenvalue weighted by Gasteiger charge is 2.40. The molecule has 0 radical (unpaired) electrons. The van der Waals surface area contributed by atoms with E-state index in [-0.39, 0.29) is 17.6 Å². The molecule has 0 saturated heterocycles. The van der Waals surface area contributed by atoms with E-state index in [1.807, 2.05) is 12.1 Å². The van der Waals surface area contributed by atoms with Gasteiger partial charge in [-0.05, 0) is 49.9 Å². The molecule has 1 aliphatic carbocycles. The maximum absolute atomic E-state index is 12.1. The lowest BCUT2D eigenvalue weighted by molar-refractivity contribution is -0.114. The van der Waals surface area contributed by atoms with Gasteiger partial charge < -0.3 is 10.0 Å². The highest BCUT2D eigenvalue weighted by molar-refractivity contribution is 9.10. The molecule has 0 bridgehead atoms. The summed E-state index contributed by atoms with van der Waals surface area (Å²) < 4.78 is 1.04. The van der Waals surface area contributed by atoms with Crippen LogP contribution in [0.25, 0.3) is 0 Å². The fourth-order valence-corrected chi connectivity index (χ4v) is 4.17. The number of halogens is 1. The van der Waals surface area contributed by atoms with Gasteiger partial charge >= 0.3 is 0 Å². The van der Waals surface area contributed by atoms with E-state index in [1.54, 1.807) is 6.92 Å². The third-order valence-corrected chi connectivity index (χ3v) is 5.43. The third-order valence-electron chi connectivity index (χ3n) is 4.90. The topological polar surface area (TPSA) is 40.5 Å². The Morgan fingerprint density at radius 2 is 1.82 bits per heavy atom. The van der Waals surface area contributed by atoms with Gasteiger partial charge in [0.2, 0.25) is 0 Å². The molecule has 1 heterocycles. The van der Waals surface area contributed by atoms with Crippen LogP contribution < -0.4 is 4.90 Å².